The predicted octanol–water partition coefficient (Wildman–Crippen LogP) is -0.00700. The van der Waals surface area contributed by atoms with Crippen LogP contribution < -0.4 is 10.6 Å². The van der Waals surface area contributed by atoms with Gasteiger partial charge < -0.3 is 15.4 Å². The van der Waals surface area contributed by atoms with E-state index >= 15 is 0 Å². The first-order valence-corrected chi connectivity index (χ1v) is 4.54. The van der Waals surface area contributed by atoms with Crippen molar-refractivity contribution in [1.29, 1.82) is 0 Å². The topological polar surface area (TPSA) is 50.4 Å². The molecule has 13 heavy (non-hydrogen) atoms. The van der Waals surface area contributed by atoms with Gasteiger partial charge in [0.05, 0.1) is 19.2 Å². The van der Waals surface area contributed by atoms with Gasteiger partial charge in [-0.25, -0.2) is 0 Å². The molecule has 0 aliphatic heterocycles. The Kier molecular flexibility index (Phi) is 6.54. The molecule has 4 nitrogen and oxygen atoms in total. The van der Waals surface area contributed by atoms with Crippen molar-refractivity contribution in [2.24, 2.45) is 5.92 Å². The highest BCUT2D eigenvalue weighted by molar-refractivity contribution is 5.78. The average molecular weight is 188 g/mol. The second-order valence-corrected chi connectivity index (χ2v) is 3.40. The highest BCUT2D eigenvalue weighted by Gasteiger charge is 2.14. The Bertz CT molecular complexity index is 149. The summed E-state index contributed by atoms with van der Waals surface area (Å²) in [5, 5.41) is 5.69. The van der Waals surface area contributed by atoms with Crippen molar-refractivity contribution in [2.45, 2.75) is 19.9 Å². The summed E-state index contributed by atoms with van der Waals surface area (Å²) in [6.45, 7) is 5.03. The Hall–Kier alpha value is -0.610. The maximum Gasteiger partial charge on any atom is 0.234 e. The van der Waals surface area contributed by atoms with Gasteiger partial charge in [-0.3, -0.25) is 4.79 Å². The number of amides is 1. The van der Waals surface area contributed by atoms with E-state index in [1.165, 1.54) is 0 Å². The van der Waals surface area contributed by atoms with E-state index < -0.39 is 0 Å². The van der Waals surface area contributed by atoms with E-state index in [-0.39, 0.29) is 11.9 Å². The standard InChI is InChI=1S/C9H20N2O2/c1-7(2)8(6-13-4)11-9(12)5-10-3/h7-8,10H,5-6H2,1-4H3,(H,11,12). The normalized spacial score (nSPS) is 13.0. The van der Waals surface area contributed by atoms with Crippen molar-refractivity contribution in [2.75, 3.05) is 27.3 Å². The molecule has 0 aromatic carbocycles. The minimum absolute atomic E-state index is 0.0123. The van der Waals surface area contributed by atoms with Gasteiger partial charge in [-0.2, -0.15) is 0 Å². The third-order valence-electron chi connectivity index (χ3n) is 1.83. The molecule has 1 amide bonds. The van der Waals surface area contributed by atoms with E-state index in [9.17, 15) is 4.79 Å². The van der Waals surface area contributed by atoms with Crippen molar-refractivity contribution in [1.82, 2.24) is 10.6 Å². The summed E-state index contributed by atoms with van der Waals surface area (Å²) in [6.07, 6.45) is 0. The highest BCUT2D eigenvalue weighted by atomic mass is 16.5. The van der Waals surface area contributed by atoms with Crippen molar-refractivity contribution < 1.29 is 9.53 Å². The number of rotatable bonds is 6. The van der Waals surface area contributed by atoms with Gasteiger partial charge in [0.2, 0.25) is 5.91 Å². The van der Waals surface area contributed by atoms with E-state index in [1.54, 1.807) is 14.2 Å². The molecule has 1 atom stereocenters. The molecule has 1 unspecified atom stereocenters. The second kappa shape index (κ2) is 6.86. The van der Waals surface area contributed by atoms with E-state index in [1.807, 2.05) is 0 Å². The van der Waals surface area contributed by atoms with Crippen LogP contribution in [-0.4, -0.2) is 39.3 Å². The molecule has 0 heterocycles. The molecule has 0 spiro atoms. The first kappa shape index (κ1) is 12.4. The summed E-state index contributed by atoms with van der Waals surface area (Å²) in [4.78, 5) is 11.2. The molecule has 78 valence electrons. The van der Waals surface area contributed by atoms with E-state index in [0.717, 1.165) is 0 Å². The molecular weight excluding hydrogens is 168 g/mol. The van der Waals surface area contributed by atoms with Crippen LogP contribution in [0.3, 0.4) is 0 Å². The van der Waals surface area contributed by atoms with Gasteiger partial charge in [0.1, 0.15) is 0 Å². The first-order valence-electron chi connectivity index (χ1n) is 4.54. The molecule has 0 aliphatic rings. The maximum absolute atomic E-state index is 11.2. The molecule has 0 aliphatic carbocycles. The van der Waals surface area contributed by atoms with Crippen LogP contribution in [0.5, 0.6) is 0 Å². The third kappa shape index (κ3) is 5.60. The fourth-order valence-electron chi connectivity index (χ4n) is 0.999. The molecule has 2 N–H and O–H groups in total. The fourth-order valence-corrected chi connectivity index (χ4v) is 0.999. The molecule has 0 bridgehead atoms. The van der Waals surface area contributed by atoms with Crippen LogP contribution in [0.25, 0.3) is 0 Å². The monoisotopic (exact) mass is 188 g/mol. The Balaban J connectivity index is 3.86. The molecule has 4 heteroatoms. The van der Waals surface area contributed by atoms with Gasteiger partial charge in [0.25, 0.3) is 0 Å². The number of methoxy groups -OCH3 is 1. The Morgan fingerprint density at radius 3 is 2.46 bits per heavy atom. The van der Waals surface area contributed by atoms with Gasteiger partial charge in [-0.05, 0) is 13.0 Å². The number of nitrogens with one attached hydrogen (secondary N) is 2. The lowest BCUT2D eigenvalue weighted by molar-refractivity contribution is -0.121. The zero-order valence-electron chi connectivity index (χ0n) is 8.89. The van der Waals surface area contributed by atoms with Gasteiger partial charge in [0.15, 0.2) is 0 Å². The fraction of sp³-hybridized carbons (Fsp3) is 0.889. The van der Waals surface area contributed by atoms with Crippen LogP contribution >= 0.6 is 0 Å². The lowest BCUT2D eigenvalue weighted by atomic mass is 10.1. The molecule has 0 radical (unpaired) electrons. The number of ether oxygens (including phenoxy) is 1. The van der Waals surface area contributed by atoms with Gasteiger partial charge in [0, 0.05) is 7.11 Å². The van der Waals surface area contributed by atoms with Crippen LogP contribution in [0.15, 0.2) is 0 Å². The smallest absolute Gasteiger partial charge is 0.234 e. The number of carbonyl (C=O) groups excluding carboxylic acids is 1. The SMILES string of the molecule is CNCC(=O)NC(COC)C(C)C. The Morgan fingerprint density at radius 1 is 1.46 bits per heavy atom. The van der Waals surface area contributed by atoms with Crippen LogP contribution in [-0.2, 0) is 9.53 Å². The lowest BCUT2D eigenvalue weighted by Crippen LogP contribution is -2.44. The molecular formula is C9H20N2O2. The number of hydrogen-bond donors (Lipinski definition) is 2. The summed E-state index contributed by atoms with van der Waals surface area (Å²) in [7, 11) is 3.39. The maximum atomic E-state index is 11.2. The van der Waals surface area contributed by atoms with Gasteiger partial charge >= 0.3 is 0 Å². The molecule has 0 fully saturated rings. The van der Waals surface area contributed by atoms with Crippen LogP contribution in [0, 0.1) is 5.92 Å². The minimum Gasteiger partial charge on any atom is -0.383 e. The number of carbonyl (C=O) groups is 1. The zero-order chi connectivity index (χ0) is 10.3. The molecule has 0 rings (SSSR count). The number of hydrogen-bond acceptors (Lipinski definition) is 3. The lowest BCUT2D eigenvalue weighted by Gasteiger charge is -2.21. The van der Waals surface area contributed by atoms with Crippen LogP contribution in [0.1, 0.15) is 13.8 Å². The second-order valence-electron chi connectivity index (χ2n) is 3.40. The first-order chi connectivity index (χ1) is 6.11. The van der Waals surface area contributed by atoms with Crippen molar-refractivity contribution in [3.8, 4) is 0 Å². The molecule has 0 saturated heterocycles. The summed E-state index contributed by atoms with van der Waals surface area (Å²) in [5.41, 5.74) is 0. The largest absolute Gasteiger partial charge is 0.383 e. The van der Waals surface area contributed by atoms with Crippen LogP contribution in [0.4, 0.5) is 0 Å². The third-order valence-corrected chi connectivity index (χ3v) is 1.83. The van der Waals surface area contributed by atoms with E-state index in [4.69, 9.17) is 4.74 Å². The molecule has 0 saturated carbocycles. The summed E-state index contributed by atoms with van der Waals surface area (Å²) < 4.78 is 5.01. The van der Waals surface area contributed by atoms with Gasteiger partial charge in [-0.1, -0.05) is 13.8 Å². The minimum atomic E-state index is 0.0123. The Labute approximate surface area is 80.0 Å². The van der Waals surface area contributed by atoms with Crippen molar-refractivity contribution in [3.05, 3.63) is 0 Å². The van der Waals surface area contributed by atoms with Crippen molar-refractivity contribution >= 4 is 5.91 Å². The summed E-state index contributed by atoms with van der Waals surface area (Å²) in [6, 6.07) is 0.103. The molecule has 0 aromatic rings. The van der Waals surface area contributed by atoms with Crippen molar-refractivity contribution in [3.63, 3.8) is 0 Å². The zero-order valence-corrected chi connectivity index (χ0v) is 8.89. The highest BCUT2D eigenvalue weighted by Crippen LogP contribution is 2.01. The summed E-state index contributed by atoms with van der Waals surface area (Å²) in [5.74, 6) is 0.402. The summed E-state index contributed by atoms with van der Waals surface area (Å²) >= 11 is 0. The van der Waals surface area contributed by atoms with Gasteiger partial charge in [-0.15, -0.1) is 0 Å². The van der Waals surface area contributed by atoms with Crippen LogP contribution in [0.2, 0.25) is 0 Å². The average Bonchev–Trinajstić information content (AvgIpc) is 2.04. The number of likely N-dealkylation sites (N-methyl/N-ethyl adjacent to an activating group) is 1. The van der Waals surface area contributed by atoms with E-state index in [0.29, 0.717) is 19.1 Å². The Morgan fingerprint density at radius 2 is 2.08 bits per heavy atom. The quantitative estimate of drug-likeness (QED) is 0.616. The molecule has 0 aromatic heterocycles. The predicted molar refractivity (Wildman–Crippen MR) is 52.6 cm³/mol. The van der Waals surface area contributed by atoms with E-state index in [2.05, 4.69) is 24.5 Å².